The molecule has 15 heavy (non-hydrogen) atoms. The normalized spacial score (nSPS) is 30.6. The van der Waals surface area contributed by atoms with Crippen molar-refractivity contribution in [3.63, 3.8) is 0 Å². The molecule has 2 aliphatic heterocycles. The Balaban J connectivity index is 1.67. The lowest BCUT2D eigenvalue weighted by Gasteiger charge is -2.37. The molecule has 3 nitrogen and oxygen atoms in total. The summed E-state index contributed by atoms with van der Waals surface area (Å²) in [6.45, 7) is 11.1. The molecule has 0 bridgehead atoms. The van der Waals surface area contributed by atoms with Crippen molar-refractivity contribution in [1.29, 1.82) is 0 Å². The Hall–Kier alpha value is -0.120. The Morgan fingerprint density at radius 3 is 2.40 bits per heavy atom. The van der Waals surface area contributed by atoms with E-state index in [0.29, 0.717) is 0 Å². The molecular formula is C12H25N3. The maximum absolute atomic E-state index is 3.64. The second-order valence-electron chi connectivity index (χ2n) is 4.88. The Morgan fingerprint density at radius 2 is 1.80 bits per heavy atom. The van der Waals surface area contributed by atoms with E-state index in [2.05, 4.69) is 22.0 Å². The Kier molecular flexibility index (Phi) is 4.42. The molecule has 0 aliphatic carbocycles. The highest BCUT2D eigenvalue weighted by Gasteiger charge is 2.20. The molecule has 88 valence electrons. The maximum Gasteiger partial charge on any atom is 0.0195 e. The molecule has 0 aromatic carbocycles. The summed E-state index contributed by atoms with van der Waals surface area (Å²) in [5.74, 6) is 0. The third kappa shape index (κ3) is 3.44. The zero-order valence-corrected chi connectivity index (χ0v) is 10.0. The topological polar surface area (TPSA) is 18.5 Å². The monoisotopic (exact) mass is 211 g/mol. The number of hydrogen-bond donors (Lipinski definition) is 1. The zero-order valence-electron chi connectivity index (χ0n) is 10.0. The van der Waals surface area contributed by atoms with Crippen LogP contribution in [0.1, 0.15) is 26.2 Å². The van der Waals surface area contributed by atoms with E-state index in [9.17, 15) is 0 Å². The third-order valence-electron chi connectivity index (χ3n) is 3.80. The first-order valence-electron chi connectivity index (χ1n) is 6.56. The van der Waals surface area contributed by atoms with Crippen LogP contribution in [-0.4, -0.2) is 61.7 Å². The molecule has 0 radical (unpaired) electrons. The van der Waals surface area contributed by atoms with E-state index < -0.39 is 0 Å². The molecule has 1 N–H and O–H groups in total. The zero-order chi connectivity index (χ0) is 10.5. The van der Waals surface area contributed by atoms with E-state index in [1.807, 2.05) is 0 Å². The average Bonchev–Trinajstić information content (AvgIpc) is 2.31. The predicted octanol–water partition coefficient (Wildman–Crippen LogP) is 0.766. The van der Waals surface area contributed by atoms with Gasteiger partial charge in [-0.15, -0.1) is 0 Å². The summed E-state index contributed by atoms with van der Waals surface area (Å²) in [7, 11) is 0. The minimum Gasteiger partial charge on any atom is -0.313 e. The Morgan fingerprint density at radius 1 is 1.07 bits per heavy atom. The quantitative estimate of drug-likeness (QED) is 0.744. The number of piperazine rings is 1. The van der Waals surface area contributed by atoms with Crippen LogP contribution in [0.5, 0.6) is 0 Å². The number of likely N-dealkylation sites (N-methyl/N-ethyl adjacent to an activating group) is 1. The van der Waals surface area contributed by atoms with Crippen molar-refractivity contribution in [2.45, 2.75) is 32.2 Å². The molecule has 0 aromatic heterocycles. The lowest BCUT2D eigenvalue weighted by atomic mass is 10.0. The molecule has 2 heterocycles. The van der Waals surface area contributed by atoms with E-state index in [4.69, 9.17) is 0 Å². The van der Waals surface area contributed by atoms with Gasteiger partial charge in [-0.1, -0.05) is 13.3 Å². The molecule has 0 aromatic rings. The van der Waals surface area contributed by atoms with Crippen molar-refractivity contribution in [2.75, 3.05) is 45.8 Å². The van der Waals surface area contributed by atoms with E-state index in [0.717, 1.165) is 6.04 Å². The summed E-state index contributed by atoms with van der Waals surface area (Å²) in [6.07, 6.45) is 4.18. The highest BCUT2D eigenvalue weighted by molar-refractivity contribution is 4.79. The van der Waals surface area contributed by atoms with Crippen molar-refractivity contribution >= 4 is 0 Å². The second-order valence-corrected chi connectivity index (χ2v) is 4.88. The van der Waals surface area contributed by atoms with Crippen LogP contribution in [-0.2, 0) is 0 Å². The molecule has 3 heteroatoms. The molecule has 2 saturated heterocycles. The fourth-order valence-electron chi connectivity index (χ4n) is 2.68. The number of piperidine rings is 1. The van der Waals surface area contributed by atoms with Crippen molar-refractivity contribution in [1.82, 2.24) is 15.1 Å². The number of nitrogens with zero attached hydrogens (tertiary/aromatic N) is 2. The van der Waals surface area contributed by atoms with Crippen LogP contribution in [0.15, 0.2) is 0 Å². The molecule has 2 fully saturated rings. The summed E-state index contributed by atoms with van der Waals surface area (Å²) >= 11 is 0. The van der Waals surface area contributed by atoms with Gasteiger partial charge in [-0.25, -0.2) is 0 Å². The van der Waals surface area contributed by atoms with Gasteiger partial charge < -0.3 is 10.2 Å². The smallest absolute Gasteiger partial charge is 0.0195 e. The summed E-state index contributed by atoms with van der Waals surface area (Å²) in [5.41, 5.74) is 0. The summed E-state index contributed by atoms with van der Waals surface area (Å²) in [6, 6.07) is 0.770. The summed E-state index contributed by atoms with van der Waals surface area (Å²) in [4.78, 5) is 5.18. The highest BCUT2D eigenvalue weighted by Crippen LogP contribution is 2.10. The van der Waals surface area contributed by atoms with Crippen LogP contribution in [0.4, 0.5) is 0 Å². The Bertz CT molecular complexity index is 170. The van der Waals surface area contributed by atoms with Gasteiger partial charge in [0.15, 0.2) is 0 Å². The van der Waals surface area contributed by atoms with Crippen LogP contribution in [0.2, 0.25) is 0 Å². The predicted molar refractivity (Wildman–Crippen MR) is 64.2 cm³/mol. The first-order chi connectivity index (χ1) is 7.38. The van der Waals surface area contributed by atoms with E-state index in [-0.39, 0.29) is 0 Å². The van der Waals surface area contributed by atoms with Gasteiger partial charge in [-0.05, 0) is 25.9 Å². The lowest BCUT2D eigenvalue weighted by molar-refractivity contribution is 0.123. The van der Waals surface area contributed by atoms with Crippen LogP contribution >= 0.6 is 0 Å². The third-order valence-corrected chi connectivity index (χ3v) is 3.80. The minimum atomic E-state index is 0.770. The maximum atomic E-state index is 3.64. The van der Waals surface area contributed by atoms with Crippen LogP contribution in [0.25, 0.3) is 0 Å². The van der Waals surface area contributed by atoms with Gasteiger partial charge in [0.2, 0.25) is 0 Å². The van der Waals surface area contributed by atoms with E-state index >= 15 is 0 Å². The van der Waals surface area contributed by atoms with Gasteiger partial charge in [0, 0.05) is 38.8 Å². The molecule has 1 unspecified atom stereocenters. The molecule has 2 aliphatic rings. The van der Waals surface area contributed by atoms with Crippen LogP contribution in [0, 0.1) is 0 Å². The van der Waals surface area contributed by atoms with Gasteiger partial charge in [0.25, 0.3) is 0 Å². The second kappa shape index (κ2) is 5.83. The highest BCUT2D eigenvalue weighted by atomic mass is 15.3. The standard InChI is InChI=1S/C12H25N3/c1-2-14-7-9-15(10-8-14)11-12-5-3-4-6-13-12/h12-13H,2-11H2,1H3. The van der Waals surface area contributed by atoms with Gasteiger partial charge >= 0.3 is 0 Å². The SMILES string of the molecule is CCN1CCN(CC2CCCCN2)CC1. The molecule has 1 atom stereocenters. The first-order valence-corrected chi connectivity index (χ1v) is 6.56. The fourth-order valence-corrected chi connectivity index (χ4v) is 2.68. The molecule has 0 saturated carbocycles. The van der Waals surface area contributed by atoms with Crippen LogP contribution in [0.3, 0.4) is 0 Å². The summed E-state index contributed by atoms with van der Waals surface area (Å²) in [5, 5.41) is 3.64. The number of hydrogen-bond acceptors (Lipinski definition) is 3. The summed E-state index contributed by atoms with van der Waals surface area (Å²) < 4.78 is 0. The largest absolute Gasteiger partial charge is 0.313 e. The van der Waals surface area contributed by atoms with Gasteiger partial charge in [0.05, 0.1) is 0 Å². The Labute approximate surface area is 93.8 Å². The van der Waals surface area contributed by atoms with Gasteiger partial charge in [0.1, 0.15) is 0 Å². The van der Waals surface area contributed by atoms with Crippen molar-refractivity contribution in [3.8, 4) is 0 Å². The molecule has 0 spiro atoms. The fraction of sp³-hybridized carbons (Fsp3) is 1.00. The number of nitrogens with one attached hydrogen (secondary N) is 1. The molecule has 0 amide bonds. The van der Waals surface area contributed by atoms with Gasteiger partial charge in [-0.2, -0.15) is 0 Å². The van der Waals surface area contributed by atoms with Crippen molar-refractivity contribution in [3.05, 3.63) is 0 Å². The van der Waals surface area contributed by atoms with Crippen molar-refractivity contribution < 1.29 is 0 Å². The number of rotatable bonds is 3. The van der Waals surface area contributed by atoms with E-state index in [1.165, 1.54) is 65.1 Å². The minimum absolute atomic E-state index is 0.770. The van der Waals surface area contributed by atoms with Crippen LogP contribution < -0.4 is 5.32 Å². The molecular weight excluding hydrogens is 186 g/mol. The lowest BCUT2D eigenvalue weighted by Crippen LogP contribution is -2.51. The molecule has 2 rings (SSSR count). The first kappa shape index (κ1) is 11.4. The van der Waals surface area contributed by atoms with Gasteiger partial charge in [-0.3, -0.25) is 4.90 Å². The van der Waals surface area contributed by atoms with E-state index in [1.54, 1.807) is 0 Å². The average molecular weight is 211 g/mol. The van der Waals surface area contributed by atoms with Crippen molar-refractivity contribution in [2.24, 2.45) is 0 Å².